The number of hydrogen-bond acceptors (Lipinski definition) is 4. The molecular formula is C16H21N3O3. The zero-order valence-corrected chi connectivity index (χ0v) is 13.1. The summed E-state index contributed by atoms with van der Waals surface area (Å²) < 4.78 is 12.1. The molecule has 6 heteroatoms. The lowest BCUT2D eigenvalue weighted by Crippen LogP contribution is -2.29. The van der Waals surface area contributed by atoms with Crippen LogP contribution in [0.1, 0.15) is 11.3 Å². The number of hydrogen-bond donors (Lipinski definition) is 1. The molecule has 1 amide bonds. The van der Waals surface area contributed by atoms with E-state index in [4.69, 9.17) is 9.47 Å². The molecule has 0 bridgehead atoms. The van der Waals surface area contributed by atoms with Crippen molar-refractivity contribution in [2.24, 2.45) is 0 Å². The van der Waals surface area contributed by atoms with Crippen molar-refractivity contribution in [3.8, 4) is 11.5 Å². The van der Waals surface area contributed by atoms with Gasteiger partial charge in [-0.1, -0.05) is 6.07 Å². The van der Waals surface area contributed by atoms with Crippen LogP contribution in [0.5, 0.6) is 11.5 Å². The lowest BCUT2D eigenvalue weighted by molar-refractivity contribution is -0.121. The van der Waals surface area contributed by atoms with E-state index in [2.05, 4.69) is 10.4 Å². The number of aryl methyl sites for hydroxylation is 1. The summed E-state index contributed by atoms with van der Waals surface area (Å²) in [6.07, 6.45) is 2.52. The van der Waals surface area contributed by atoms with Gasteiger partial charge in [0.05, 0.1) is 19.9 Å². The molecule has 0 fully saturated rings. The van der Waals surface area contributed by atoms with Crippen LogP contribution in [0, 0.1) is 6.92 Å². The Morgan fingerprint density at radius 1 is 1.23 bits per heavy atom. The Bertz CT molecular complexity index is 637. The maximum Gasteiger partial charge on any atom is 0.241 e. The van der Waals surface area contributed by atoms with E-state index in [1.165, 1.54) is 0 Å². The predicted octanol–water partition coefficient (Wildman–Crippen LogP) is 1.57. The Morgan fingerprint density at radius 3 is 2.64 bits per heavy atom. The third-order valence-corrected chi connectivity index (χ3v) is 3.26. The van der Waals surface area contributed by atoms with E-state index < -0.39 is 0 Å². The molecule has 1 heterocycles. The van der Waals surface area contributed by atoms with Gasteiger partial charge in [-0.15, -0.1) is 0 Å². The van der Waals surface area contributed by atoms with Crippen molar-refractivity contribution in [1.82, 2.24) is 15.1 Å². The van der Waals surface area contributed by atoms with Crippen molar-refractivity contribution in [2.75, 3.05) is 20.8 Å². The smallest absolute Gasteiger partial charge is 0.241 e. The number of rotatable bonds is 7. The van der Waals surface area contributed by atoms with Crippen molar-refractivity contribution < 1.29 is 14.3 Å². The van der Waals surface area contributed by atoms with E-state index in [1.54, 1.807) is 25.1 Å². The molecule has 0 radical (unpaired) electrons. The molecule has 2 aromatic rings. The van der Waals surface area contributed by atoms with E-state index in [-0.39, 0.29) is 12.5 Å². The summed E-state index contributed by atoms with van der Waals surface area (Å²) in [4.78, 5) is 11.8. The molecule has 0 saturated heterocycles. The summed E-state index contributed by atoms with van der Waals surface area (Å²) in [6.45, 7) is 2.69. The van der Waals surface area contributed by atoms with E-state index >= 15 is 0 Å². The van der Waals surface area contributed by atoms with Crippen LogP contribution in [0.2, 0.25) is 0 Å². The van der Waals surface area contributed by atoms with Crippen LogP contribution < -0.4 is 14.8 Å². The topological polar surface area (TPSA) is 65.4 Å². The highest BCUT2D eigenvalue weighted by Crippen LogP contribution is 2.27. The molecule has 6 nitrogen and oxygen atoms in total. The number of methoxy groups -OCH3 is 2. The Hall–Kier alpha value is -2.50. The zero-order chi connectivity index (χ0) is 15.9. The van der Waals surface area contributed by atoms with E-state index in [1.807, 2.05) is 31.2 Å². The largest absolute Gasteiger partial charge is 0.493 e. The van der Waals surface area contributed by atoms with Gasteiger partial charge in [0.15, 0.2) is 11.5 Å². The second-order valence-electron chi connectivity index (χ2n) is 4.94. The molecule has 22 heavy (non-hydrogen) atoms. The van der Waals surface area contributed by atoms with E-state index in [0.717, 1.165) is 17.7 Å². The van der Waals surface area contributed by atoms with Gasteiger partial charge in [-0.2, -0.15) is 5.10 Å². The maximum absolute atomic E-state index is 11.8. The number of benzene rings is 1. The fourth-order valence-corrected chi connectivity index (χ4v) is 2.14. The molecular weight excluding hydrogens is 282 g/mol. The summed E-state index contributed by atoms with van der Waals surface area (Å²) in [5.41, 5.74) is 1.98. The van der Waals surface area contributed by atoms with Gasteiger partial charge in [0.2, 0.25) is 5.91 Å². The second-order valence-corrected chi connectivity index (χ2v) is 4.94. The molecule has 0 spiro atoms. The van der Waals surface area contributed by atoms with E-state index in [0.29, 0.717) is 18.0 Å². The number of aromatic nitrogens is 2. The van der Waals surface area contributed by atoms with Gasteiger partial charge in [0.1, 0.15) is 6.54 Å². The van der Waals surface area contributed by atoms with Crippen molar-refractivity contribution >= 4 is 5.91 Å². The number of ether oxygens (including phenoxy) is 2. The molecule has 0 saturated carbocycles. The van der Waals surface area contributed by atoms with Crippen LogP contribution in [-0.2, 0) is 17.8 Å². The summed E-state index contributed by atoms with van der Waals surface area (Å²) in [5.74, 6) is 1.34. The highest BCUT2D eigenvalue weighted by Gasteiger charge is 2.06. The molecule has 1 N–H and O–H groups in total. The highest BCUT2D eigenvalue weighted by atomic mass is 16.5. The number of carbonyl (C=O) groups is 1. The first-order chi connectivity index (χ1) is 10.6. The molecule has 1 aromatic heterocycles. The molecule has 1 aromatic carbocycles. The maximum atomic E-state index is 11.8. The lowest BCUT2D eigenvalue weighted by Gasteiger charge is -2.10. The normalized spacial score (nSPS) is 10.3. The zero-order valence-electron chi connectivity index (χ0n) is 13.1. The van der Waals surface area contributed by atoms with Gasteiger partial charge >= 0.3 is 0 Å². The summed E-state index contributed by atoms with van der Waals surface area (Å²) in [5, 5.41) is 7.07. The standard InChI is InChI=1S/C16H21N3O3/c1-12-7-9-19(18-12)11-16(20)17-8-6-13-4-5-14(21-2)15(10-13)22-3/h4-5,7,9-10H,6,8,11H2,1-3H3,(H,17,20). The Labute approximate surface area is 130 Å². The molecule has 2 rings (SSSR count). The number of carbonyl (C=O) groups excluding carboxylic acids is 1. The van der Waals surface area contributed by atoms with Gasteiger partial charge in [0, 0.05) is 12.7 Å². The van der Waals surface area contributed by atoms with Crippen LogP contribution in [-0.4, -0.2) is 36.5 Å². The third kappa shape index (κ3) is 4.25. The van der Waals surface area contributed by atoms with Crippen LogP contribution in [0.25, 0.3) is 0 Å². The van der Waals surface area contributed by atoms with Crippen LogP contribution in [0.15, 0.2) is 30.5 Å². The molecule has 118 valence electrons. The SMILES string of the molecule is COc1ccc(CCNC(=O)Cn2ccc(C)n2)cc1OC. The molecule has 0 aliphatic carbocycles. The fraction of sp³-hybridized carbons (Fsp3) is 0.375. The Balaban J connectivity index is 1.82. The summed E-state index contributed by atoms with van der Waals surface area (Å²) in [6, 6.07) is 7.62. The van der Waals surface area contributed by atoms with Gasteiger partial charge in [-0.05, 0) is 37.1 Å². The average Bonchev–Trinajstić information content (AvgIpc) is 2.92. The third-order valence-electron chi connectivity index (χ3n) is 3.26. The average molecular weight is 303 g/mol. The van der Waals surface area contributed by atoms with E-state index in [9.17, 15) is 4.79 Å². The summed E-state index contributed by atoms with van der Waals surface area (Å²) in [7, 11) is 3.21. The first-order valence-electron chi connectivity index (χ1n) is 7.10. The minimum atomic E-state index is -0.0522. The highest BCUT2D eigenvalue weighted by molar-refractivity contribution is 5.75. The predicted molar refractivity (Wildman–Crippen MR) is 83.2 cm³/mol. The second kappa shape index (κ2) is 7.49. The van der Waals surface area contributed by atoms with Crippen LogP contribution in [0.3, 0.4) is 0 Å². The first-order valence-corrected chi connectivity index (χ1v) is 7.10. The quantitative estimate of drug-likeness (QED) is 0.843. The Morgan fingerprint density at radius 2 is 2.00 bits per heavy atom. The molecule has 0 atom stereocenters. The van der Waals surface area contributed by atoms with Gasteiger partial charge in [-0.3, -0.25) is 9.48 Å². The fourth-order valence-electron chi connectivity index (χ4n) is 2.14. The minimum absolute atomic E-state index is 0.0522. The number of nitrogens with one attached hydrogen (secondary N) is 1. The van der Waals surface area contributed by atoms with Crippen molar-refractivity contribution in [3.63, 3.8) is 0 Å². The monoisotopic (exact) mass is 303 g/mol. The van der Waals surface area contributed by atoms with Gasteiger partial charge < -0.3 is 14.8 Å². The minimum Gasteiger partial charge on any atom is -0.493 e. The number of nitrogens with zero attached hydrogens (tertiary/aromatic N) is 2. The van der Waals surface area contributed by atoms with Crippen molar-refractivity contribution in [2.45, 2.75) is 19.9 Å². The van der Waals surface area contributed by atoms with Crippen LogP contribution in [0.4, 0.5) is 0 Å². The lowest BCUT2D eigenvalue weighted by atomic mass is 10.1. The molecule has 0 aliphatic heterocycles. The van der Waals surface area contributed by atoms with Gasteiger partial charge in [0.25, 0.3) is 0 Å². The Kier molecular flexibility index (Phi) is 5.41. The molecule has 0 unspecified atom stereocenters. The number of amides is 1. The first kappa shape index (κ1) is 15.9. The van der Waals surface area contributed by atoms with Crippen molar-refractivity contribution in [1.29, 1.82) is 0 Å². The van der Waals surface area contributed by atoms with Crippen LogP contribution >= 0.6 is 0 Å². The van der Waals surface area contributed by atoms with Gasteiger partial charge in [-0.25, -0.2) is 0 Å². The summed E-state index contributed by atoms with van der Waals surface area (Å²) >= 11 is 0. The molecule has 0 aliphatic rings. The van der Waals surface area contributed by atoms with Crippen molar-refractivity contribution in [3.05, 3.63) is 41.7 Å².